The summed E-state index contributed by atoms with van der Waals surface area (Å²) < 4.78 is 11.7. The van der Waals surface area contributed by atoms with Crippen molar-refractivity contribution in [2.75, 3.05) is 25.5 Å². The van der Waals surface area contributed by atoms with Gasteiger partial charge in [0.15, 0.2) is 5.82 Å². The number of aromatic nitrogens is 2. The molecule has 2 aromatic rings. The number of carbonyl (C=O) groups is 1. The summed E-state index contributed by atoms with van der Waals surface area (Å²) in [6.45, 7) is 3.89. The first-order valence-electron chi connectivity index (χ1n) is 9.06. The Labute approximate surface area is 153 Å². The molecule has 3 rings (SSSR count). The van der Waals surface area contributed by atoms with Crippen LogP contribution in [-0.4, -0.2) is 42.0 Å². The normalized spacial score (nSPS) is 19.9. The molecule has 0 saturated carbocycles. The average molecular weight is 358 g/mol. The van der Waals surface area contributed by atoms with Crippen molar-refractivity contribution in [3.8, 4) is 5.75 Å². The van der Waals surface area contributed by atoms with E-state index in [-0.39, 0.29) is 17.8 Å². The fourth-order valence-corrected chi connectivity index (χ4v) is 2.97. The van der Waals surface area contributed by atoms with Gasteiger partial charge in [-0.15, -0.1) is 0 Å². The minimum Gasteiger partial charge on any atom is -0.493 e. The number of nitrogens with two attached hydrogens (primary N) is 1. The molecule has 1 aliphatic heterocycles. The van der Waals surface area contributed by atoms with Crippen LogP contribution in [0.15, 0.2) is 30.5 Å². The van der Waals surface area contributed by atoms with Gasteiger partial charge in [-0.25, -0.2) is 0 Å². The SMILES string of the molecule is CCc1ccc(OC[C@@H]2CC[C@H](CNC(=O)c3c[nH]nc3N)OC2)cc1. The maximum Gasteiger partial charge on any atom is 0.256 e. The quantitative estimate of drug-likeness (QED) is 0.704. The van der Waals surface area contributed by atoms with Gasteiger partial charge in [-0.1, -0.05) is 19.1 Å². The molecule has 2 atom stereocenters. The molecule has 7 nitrogen and oxygen atoms in total. The largest absolute Gasteiger partial charge is 0.493 e. The van der Waals surface area contributed by atoms with Crippen molar-refractivity contribution in [1.29, 1.82) is 0 Å². The maximum atomic E-state index is 12.0. The van der Waals surface area contributed by atoms with E-state index in [1.54, 1.807) is 0 Å². The summed E-state index contributed by atoms with van der Waals surface area (Å²) in [5, 5.41) is 9.16. The van der Waals surface area contributed by atoms with Gasteiger partial charge in [-0.05, 0) is 37.0 Å². The third-order valence-corrected chi connectivity index (χ3v) is 4.69. The summed E-state index contributed by atoms with van der Waals surface area (Å²) in [6, 6.07) is 8.22. The van der Waals surface area contributed by atoms with Crippen molar-refractivity contribution in [1.82, 2.24) is 15.5 Å². The number of rotatable bonds is 7. The van der Waals surface area contributed by atoms with Crippen LogP contribution >= 0.6 is 0 Å². The van der Waals surface area contributed by atoms with E-state index in [0.29, 0.717) is 31.2 Å². The highest BCUT2D eigenvalue weighted by Gasteiger charge is 2.23. The zero-order valence-corrected chi connectivity index (χ0v) is 15.0. The minimum atomic E-state index is -0.235. The topological polar surface area (TPSA) is 102 Å². The van der Waals surface area contributed by atoms with Crippen molar-refractivity contribution in [3.05, 3.63) is 41.6 Å². The summed E-state index contributed by atoms with van der Waals surface area (Å²) in [4.78, 5) is 12.0. The van der Waals surface area contributed by atoms with Crippen LogP contribution in [0.2, 0.25) is 0 Å². The molecule has 1 aliphatic rings. The van der Waals surface area contributed by atoms with E-state index >= 15 is 0 Å². The average Bonchev–Trinajstić information content (AvgIpc) is 3.11. The Morgan fingerprint density at radius 3 is 2.81 bits per heavy atom. The number of aryl methyl sites for hydroxylation is 1. The molecule has 7 heteroatoms. The lowest BCUT2D eigenvalue weighted by Gasteiger charge is -2.29. The molecule has 140 valence electrons. The maximum absolute atomic E-state index is 12.0. The van der Waals surface area contributed by atoms with Crippen molar-refractivity contribution < 1.29 is 14.3 Å². The Bertz CT molecular complexity index is 706. The summed E-state index contributed by atoms with van der Waals surface area (Å²) in [5.74, 6) is 1.24. The van der Waals surface area contributed by atoms with E-state index in [1.165, 1.54) is 11.8 Å². The molecule has 4 N–H and O–H groups in total. The predicted octanol–water partition coefficient (Wildman–Crippen LogP) is 2.16. The van der Waals surface area contributed by atoms with Gasteiger partial charge >= 0.3 is 0 Å². The van der Waals surface area contributed by atoms with Gasteiger partial charge in [0.1, 0.15) is 11.3 Å². The van der Waals surface area contributed by atoms with Gasteiger partial charge in [-0.2, -0.15) is 5.10 Å². The lowest BCUT2D eigenvalue weighted by molar-refractivity contribution is -0.0251. The van der Waals surface area contributed by atoms with Gasteiger partial charge in [0.2, 0.25) is 0 Å². The molecule has 0 spiro atoms. The molecule has 1 aromatic heterocycles. The molecule has 0 bridgehead atoms. The second kappa shape index (κ2) is 8.71. The van der Waals surface area contributed by atoms with Gasteiger partial charge in [0.05, 0.1) is 19.3 Å². The molecule has 0 aliphatic carbocycles. The molecule has 1 fully saturated rings. The lowest BCUT2D eigenvalue weighted by Crippen LogP contribution is -2.38. The summed E-state index contributed by atoms with van der Waals surface area (Å²) in [5.41, 5.74) is 7.29. The number of anilines is 1. The predicted molar refractivity (Wildman–Crippen MR) is 99.1 cm³/mol. The molecular formula is C19H26N4O3. The third-order valence-electron chi connectivity index (χ3n) is 4.69. The number of H-pyrrole nitrogens is 1. The summed E-state index contributed by atoms with van der Waals surface area (Å²) >= 11 is 0. The number of carbonyl (C=O) groups excluding carboxylic acids is 1. The zero-order chi connectivity index (χ0) is 18.4. The van der Waals surface area contributed by atoms with Crippen LogP contribution in [0.25, 0.3) is 0 Å². The van der Waals surface area contributed by atoms with E-state index in [0.717, 1.165) is 25.0 Å². The van der Waals surface area contributed by atoms with Crippen LogP contribution in [-0.2, 0) is 11.2 Å². The molecule has 26 heavy (non-hydrogen) atoms. The number of hydrogen-bond donors (Lipinski definition) is 3. The zero-order valence-electron chi connectivity index (χ0n) is 15.0. The van der Waals surface area contributed by atoms with Crippen LogP contribution < -0.4 is 15.8 Å². The highest BCUT2D eigenvalue weighted by Crippen LogP contribution is 2.21. The Kier molecular flexibility index (Phi) is 6.12. The Balaban J connectivity index is 1.36. The molecular weight excluding hydrogens is 332 g/mol. The molecule has 2 heterocycles. The van der Waals surface area contributed by atoms with Crippen LogP contribution in [0.1, 0.15) is 35.7 Å². The second-order valence-electron chi connectivity index (χ2n) is 6.60. The van der Waals surface area contributed by atoms with Gasteiger partial charge in [0.25, 0.3) is 5.91 Å². The molecule has 1 amide bonds. The van der Waals surface area contributed by atoms with E-state index in [4.69, 9.17) is 15.2 Å². The molecule has 0 radical (unpaired) electrons. The van der Waals surface area contributed by atoms with Gasteiger partial charge < -0.3 is 20.5 Å². The number of nitrogens with zero attached hydrogens (tertiary/aromatic N) is 1. The summed E-state index contributed by atoms with van der Waals surface area (Å²) in [7, 11) is 0. The number of benzene rings is 1. The standard InChI is InChI=1S/C19H26N4O3/c1-2-13-3-6-15(7-4-13)25-11-14-5-8-16(26-12-14)9-21-19(24)17-10-22-23-18(17)20/h3-4,6-7,10,14,16H,2,5,8-9,11-12H2,1H3,(H,21,24)(H3,20,22,23)/t14-,16+/m0/s1. The Morgan fingerprint density at radius 1 is 1.38 bits per heavy atom. The van der Waals surface area contributed by atoms with Gasteiger partial charge in [-0.3, -0.25) is 9.89 Å². The highest BCUT2D eigenvalue weighted by molar-refractivity contribution is 5.98. The van der Waals surface area contributed by atoms with Crippen molar-refractivity contribution in [2.24, 2.45) is 5.92 Å². The molecule has 0 unspecified atom stereocenters. The van der Waals surface area contributed by atoms with E-state index in [9.17, 15) is 4.79 Å². The second-order valence-corrected chi connectivity index (χ2v) is 6.60. The first-order chi connectivity index (χ1) is 12.7. The van der Waals surface area contributed by atoms with Crippen molar-refractivity contribution in [3.63, 3.8) is 0 Å². The highest BCUT2D eigenvalue weighted by atomic mass is 16.5. The minimum absolute atomic E-state index is 0.0205. The van der Waals surface area contributed by atoms with Gasteiger partial charge in [0, 0.05) is 18.7 Å². The van der Waals surface area contributed by atoms with Crippen molar-refractivity contribution >= 4 is 11.7 Å². The van der Waals surface area contributed by atoms with Crippen LogP contribution in [0.5, 0.6) is 5.75 Å². The number of amides is 1. The molecule has 1 aromatic carbocycles. The number of nitrogens with one attached hydrogen (secondary N) is 2. The first-order valence-corrected chi connectivity index (χ1v) is 9.06. The summed E-state index contributed by atoms with van der Waals surface area (Å²) in [6.07, 6.45) is 4.45. The van der Waals surface area contributed by atoms with Crippen molar-refractivity contribution in [2.45, 2.75) is 32.3 Å². The van der Waals surface area contributed by atoms with Crippen LogP contribution in [0.3, 0.4) is 0 Å². The van der Waals surface area contributed by atoms with E-state index in [2.05, 4.69) is 34.6 Å². The number of hydrogen-bond acceptors (Lipinski definition) is 5. The third kappa shape index (κ3) is 4.76. The number of nitrogen functional groups attached to an aromatic ring is 1. The lowest BCUT2D eigenvalue weighted by atomic mass is 9.99. The number of ether oxygens (including phenoxy) is 2. The van der Waals surface area contributed by atoms with E-state index < -0.39 is 0 Å². The Hall–Kier alpha value is -2.54. The Morgan fingerprint density at radius 2 is 2.19 bits per heavy atom. The smallest absolute Gasteiger partial charge is 0.256 e. The fraction of sp³-hybridized carbons (Fsp3) is 0.474. The molecule has 1 saturated heterocycles. The van der Waals surface area contributed by atoms with Crippen LogP contribution in [0, 0.1) is 5.92 Å². The van der Waals surface area contributed by atoms with Crippen LogP contribution in [0.4, 0.5) is 5.82 Å². The number of aromatic amines is 1. The monoisotopic (exact) mass is 358 g/mol. The first kappa shape index (κ1) is 18.3. The van der Waals surface area contributed by atoms with E-state index in [1.807, 2.05) is 12.1 Å². The fourth-order valence-electron chi connectivity index (χ4n) is 2.97.